The molecule has 0 bridgehead atoms. The van der Waals surface area contributed by atoms with Crippen LogP contribution in [-0.2, 0) is 47.7 Å². The van der Waals surface area contributed by atoms with E-state index in [0.717, 1.165) is 6.08 Å². The smallest absolute Gasteiger partial charge is 0.333 e. The van der Waals surface area contributed by atoms with Gasteiger partial charge in [0.1, 0.15) is 63.7 Å². The van der Waals surface area contributed by atoms with Crippen LogP contribution in [0, 0.1) is 0 Å². The van der Waals surface area contributed by atoms with E-state index in [1.165, 1.54) is 20.8 Å². The van der Waals surface area contributed by atoms with E-state index in [1.54, 1.807) is 19.1 Å². The summed E-state index contributed by atoms with van der Waals surface area (Å²) in [5, 5.41) is 28.0. The number of ether oxygens (including phenoxy) is 6. The Balaban J connectivity index is 0. The van der Waals surface area contributed by atoms with Gasteiger partial charge in [-0.25, -0.2) is 24.0 Å². The molecule has 0 aliphatic rings. The SMILES string of the molecule is C=C(C)C(=O)OCC(O)COC(=O)C(=C)C.C=C(C)C(=O)OCC(O)COc1ccccc1.C=CC(=O)OCC(O)COC(=O)C(=C)C. The molecule has 3 N–H and O–H groups in total. The lowest BCUT2D eigenvalue weighted by atomic mass is 10.3. The van der Waals surface area contributed by atoms with Crippen LogP contribution < -0.4 is 4.74 Å². The summed E-state index contributed by atoms with van der Waals surface area (Å²) in [5.41, 5.74) is 1.03. The normalized spacial score (nSPS) is 10.9. The van der Waals surface area contributed by atoms with Gasteiger partial charge in [-0.15, -0.1) is 0 Å². The van der Waals surface area contributed by atoms with E-state index in [4.69, 9.17) is 9.47 Å². The Labute approximate surface area is 280 Å². The van der Waals surface area contributed by atoms with Crippen LogP contribution in [0.15, 0.2) is 91.6 Å². The van der Waals surface area contributed by atoms with Crippen molar-refractivity contribution in [2.75, 3.05) is 39.6 Å². The average molecular weight is 679 g/mol. The van der Waals surface area contributed by atoms with E-state index in [2.05, 4.69) is 51.8 Å². The monoisotopic (exact) mass is 678 g/mol. The van der Waals surface area contributed by atoms with E-state index in [-0.39, 0.29) is 56.4 Å². The zero-order valence-electron chi connectivity index (χ0n) is 27.8. The number of esters is 5. The Morgan fingerprint density at radius 2 is 0.854 bits per heavy atom. The van der Waals surface area contributed by atoms with Crippen molar-refractivity contribution in [3.8, 4) is 5.75 Å². The zero-order chi connectivity index (χ0) is 37.2. The van der Waals surface area contributed by atoms with Crippen LogP contribution in [0.4, 0.5) is 0 Å². The molecule has 0 saturated heterocycles. The van der Waals surface area contributed by atoms with Gasteiger partial charge in [-0.05, 0) is 39.8 Å². The first kappa shape index (κ1) is 45.1. The summed E-state index contributed by atoms with van der Waals surface area (Å²) < 4.78 is 28.5. The van der Waals surface area contributed by atoms with E-state index in [0.29, 0.717) is 11.3 Å². The van der Waals surface area contributed by atoms with E-state index in [1.807, 2.05) is 18.2 Å². The Morgan fingerprint density at radius 3 is 1.15 bits per heavy atom. The fourth-order valence-electron chi connectivity index (χ4n) is 2.27. The first-order valence-corrected chi connectivity index (χ1v) is 14.2. The molecule has 0 aliphatic heterocycles. The molecule has 0 radical (unpaired) electrons. The Bertz CT molecular complexity index is 1220. The third-order valence-electron chi connectivity index (χ3n) is 4.79. The van der Waals surface area contributed by atoms with Crippen LogP contribution in [0.5, 0.6) is 5.75 Å². The number of rotatable bonds is 18. The summed E-state index contributed by atoms with van der Waals surface area (Å²) in [5.74, 6) is -2.26. The zero-order valence-corrected chi connectivity index (χ0v) is 27.8. The molecule has 48 heavy (non-hydrogen) atoms. The molecule has 1 aromatic carbocycles. The number of para-hydroxylation sites is 1. The minimum absolute atomic E-state index is 0.0769. The summed E-state index contributed by atoms with van der Waals surface area (Å²) in [6.07, 6.45) is -1.96. The summed E-state index contributed by atoms with van der Waals surface area (Å²) in [7, 11) is 0. The van der Waals surface area contributed by atoms with Crippen molar-refractivity contribution < 1.29 is 67.7 Å². The molecule has 0 aliphatic carbocycles. The van der Waals surface area contributed by atoms with Crippen molar-refractivity contribution in [3.63, 3.8) is 0 Å². The quantitative estimate of drug-likeness (QED) is 0.116. The molecule has 0 saturated carbocycles. The molecular formula is C34H46O14. The van der Waals surface area contributed by atoms with E-state index < -0.39 is 48.2 Å². The molecule has 1 rings (SSSR count). The maximum Gasteiger partial charge on any atom is 0.333 e. The highest BCUT2D eigenvalue weighted by Gasteiger charge is 2.13. The Kier molecular flexibility index (Phi) is 24.5. The van der Waals surface area contributed by atoms with Gasteiger partial charge in [0.2, 0.25) is 0 Å². The predicted octanol–water partition coefficient (Wildman–Crippen LogP) is 2.33. The van der Waals surface area contributed by atoms with Gasteiger partial charge >= 0.3 is 29.8 Å². The van der Waals surface area contributed by atoms with Gasteiger partial charge in [0, 0.05) is 28.4 Å². The molecule has 2 unspecified atom stereocenters. The van der Waals surface area contributed by atoms with Gasteiger partial charge in [-0.2, -0.15) is 0 Å². The Hall–Kier alpha value is -5.05. The third kappa shape index (κ3) is 25.2. The summed E-state index contributed by atoms with van der Waals surface area (Å²) >= 11 is 0. The molecule has 266 valence electrons. The van der Waals surface area contributed by atoms with Gasteiger partial charge in [-0.3, -0.25) is 0 Å². The van der Waals surface area contributed by atoms with E-state index >= 15 is 0 Å². The molecule has 14 nitrogen and oxygen atoms in total. The lowest BCUT2D eigenvalue weighted by Gasteiger charge is -2.12. The largest absolute Gasteiger partial charge is 0.491 e. The maximum atomic E-state index is 11.0. The highest BCUT2D eigenvalue weighted by atomic mass is 16.6. The lowest BCUT2D eigenvalue weighted by Crippen LogP contribution is -2.25. The van der Waals surface area contributed by atoms with Crippen molar-refractivity contribution in [2.45, 2.75) is 46.0 Å². The molecular weight excluding hydrogens is 632 g/mol. The number of carbonyl (C=O) groups is 5. The van der Waals surface area contributed by atoms with Crippen LogP contribution in [0.2, 0.25) is 0 Å². The third-order valence-corrected chi connectivity index (χ3v) is 4.79. The van der Waals surface area contributed by atoms with Crippen molar-refractivity contribution in [1.82, 2.24) is 0 Å². The standard InChI is InChI=1S/C13H16O4.C11H16O5.C10H14O5/c1-10(2)13(15)17-9-11(14)8-16-12-6-4-3-5-7-12;1-7(2)10(13)15-5-9(12)6-16-11(14)8(3)4;1-4-9(12)14-5-8(11)6-15-10(13)7(2)3/h3-7,11,14H,1,8-9H2,2H3;9,12H,1,3,5-6H2,2,4H3;4,8,11H,1-2,5-6H2,3H3. The maximum absolute atomic E-state index is 11.0. The van der Waals surface area contributed by atoms with Crippen molar-refractivity contribution in [1.29, 1.82) is 0 Å². The fourth-order valence-corrected chi connectivity index (χ4v) is 2.27. The average Bonchev–Trinajstić information content (AvgIpc) is 3.05. The number of benzene rings is 1. The molecule has 0 aromatic heterocycles. The predicted molar refractivity (Wildman–Crippen MR) is 174 cm³/mol. The van der Waals surface area contributed by atoms with Gasteiger partial charge in [0.05, 0.1) is 0 Å². The first-order valence-electron chi connectivity index (χ1n) is 14.2. The lowest BCUT2D eigenvalue weighted by molar-refractivity contribution is -0.148. The number of aliphatic hydroxyl groups is 3. The number of hydrogen-bond acceptors (Lipinski definition) is 14. The van der Waals surface area contributed by atoms with Crippen molar-refractivity contribution in [2.24, 2.45) is 0 Å². The Morgan fingerprint density at radius 1 is 0.562 bits per heavy atom. The van der Waals surface area contributed by atoms with Crippen LogP contribution >= 0.6 is 0 Å². The summed E-state index contributed by atoms with van der Waals surface area (Å²) in [6.45, 7) is 21.8. The molecule has 1 aromatic rings. The van der Waals surface area contributed by atoms with Gasteiger partial charge in [0.15, 0.2) is 0 Å². The van der Waals surface area contributed by atoms with Gasteiger partial charge < -0.3 is 43.7 Å². The number of hydrogen-bond donors (Lipinski definition) is 3. The molecule has 0 amide bonds. The first-order chi connectivity index (χ1) is 22.4. The van der Waals surface area contributed by atoms with Crippen LogP contribution in [-0.4, -0.2) is 103 Å². The second-order valence-corrected chi connectivity index (χ2v) is 9.93. The van der Waals surface area contributed by atoms with E-state index in [9.17, 15) is 39.3 Å². The van der Waals surface area contributed by atoms with Crippen molar-refractivity contribution >= 4 is 29.8 Å². The molecule has 2 atom stereocenters. The fraction of sp³-hybridized carbons (Fsp3) is 0.382. The highest BCUT2D eigenvalue weighted by molar-refractivity contribution is 5.88. The molecule has 0 fully saturated rings. The second-order valence-electron chi connectivity index (χ2n) is 9.93. The van der Waals surface area contributed by atoms with Gasteiger partial charge in [-0.1, -0.05) is 51.1 Å². The van der Waals surface area contributed by atoms with Crippen LogP contribution in [0.25, 0.3) is 0 Å². The summed E-state index contributed by atoms with van der Waals surface area (Å²) in [4.78, 5) is 54.4. The minimum Gasteiger partial charge on any atom is -0.491 e. The van der Waals surface area contributed by atoms with Gasteiger partial charge in [0.25, 0.3) is 0 Å². The topological polar surface area (TPSA) is 201 Å². The number of carbonyl (C=O) groups excluding carboxylic acids is 5. The van der Waals surface area contributed by atoms with Crippen LogP contribution in [0.3, 0.4) is 0 Å². The molecule has 0 heterocycles. The molecule has 0 spiro atoms. The minimum atomic E-state index is -1.05. The second kappa shape index (κ2) is 26.1. The molecule has 14 heteroatoms. The highest BCUT2D eigenvalue weighted by Crippen LogP contribution is 2.08. The van der Waals surface area contributed by atoms with Crippen molar-refractivity contribution in [3.05, 3.63) is 91.6 Å². The summed E-state index contributed by atoms with van der Waals surface area (Å²) in [6, 6.07) is 9.11. The van der Waals surface area contributed by atoms with Crippen LogP contribution in [0.1, 0.15) is 27.7 Å². The number of aliphatic hydroxyl groups excluding tert-OH is 3.